The van der Waals surface area contributed by atoms with Crippen LogP contribution >= 0.6 is 11.6 Å². The van der Waals surface area contributed by atoms with Gasteiger partial charge in [0.15, 0.2) is 0 Å². The molecule has 108 valence electrons. The number of halogens is 1. The zero-order valence-electron chi connectivity index (χ0n) is 12.1. The summed E-state index contributed by atoms with van der Waals surface area (Å²) in [6.45, 7) is 7.81. The van der Waals surface area contributed by atoms with E-state index in [1.807, 2.05) is 27.7 Å². The van der Waals surface area contributed by atoms with Gasteiger partial charge in [-0.2, -0.15) is 0 Å². The lowest BCUT2D eigenvalue weighted by molar-refractivity contribution is -0.136. The zero-order chi connectivity index (χ0) is 15.1. The molecule has 6 heteroatoms. The van der Waals surface area contributed by atoms with Gasteiger partial charge in [-0.3, -0.25) is 4.79 Å². The maximum atomic E-state index is 11.0. The summed E-state index contributed by atoms with van der Waals surface area (Å²) in [5.74, 6) is -0.898. The fourth-order valence-corrected chi connectivity index (χ4v) is 2.26. The molecule has 0 spiro atoms. The molecule has 20 heavy (non-hydrogen) atoms. The number of hydrogen-bond donors (Lipinski definition) is 1. The molecule has 1 aliphatic heterocycles. The Morgan fingerprint density at radius 2 is 1.80 bits per heavy atom. The van der Waals surface area contributed by atoms with E-state index < -0.39 is 24.3 Å². The number of carboxylic acids is 1. The van der Waals surface area contributed by atoms with Crippen LogP contribution in [0.15, 0.2) is 18.2 Å². The van der Waals surface area contributed by atoms with Crippen molar-refractivity contribution in [2.75, 3.05) is 0 Å². The first-order chi connectivity index (χ1) is 9.12. The van der Waals surface area contributed by atoms with Crippen molar-refractivity contribution in [1.82, 2.24) is 0 Å². The third-order valence-corrected chi connectivity index (χ3v) is 4.19. The maximum Gasteiger partial charge on any atom is 0.495 e. The molecule has 1 heterocycles. The van der Waals surface area contributed by atoms with Crippen LogP contribution in [0.4, 0.5) is 0 Å². The standard InChI is InChI=1S/C14H18BClO4/c1-13(2)14(3,4)20-15(19-13)11-8-10(16)6-5-9(11)7-12(17)18/h5-6,8H,7H2,1-4H3,(H,17,18). The summed E-state index contributed by atoms with van der Waals surface area (Å²) in [4.78, 5) is 11.0. The highest BCUT2D eigenvalue weighted by atomic mass is 35.5. The molecule has 2 rings (SSSR count). The minimum absolute atomic E-state index is 0.0867. The highest BCUT2D eigenvalue weighted by Crippen LogP contribution is 2.36. The van der Waals surface area contributed by atoms with Crippen molar-refractivity contribution in [1.29, 1.82) is 0 Å². The molecule has 0 unspecified atom stereocenters. The second kappa shape index (κ2) is 5.06. The van der Waals surface area contributed by atoms with E-state index in [1.54, 1.807) is 18.2 Å². The minimum atomic E-state index is -0.898. The van der Waals surface area contributed by atoms with E-state index in [0.717, 1.165) is 0 Å². The van der Waals surface area contributed by atoms with Crippen LogP contribution in [0.3, 0.4) is 0 Å². The van der Waals surface area contributed by atoms with Gasteiger partial charge in [0.05, 0.1) is 17.6 Å². The molecule has 0 atom stereocenters. The van der Waals surface area contributed by atoms with E-state index in [9.17, 15) is 4.79 Å². The molecule has 0 bridgehead atoms. The Kier molecular flexibility index (Phi) is 3.89. The number of benzene rings is 1. The Bertz CT molecular complexity index is 526. The van der Waals surface area contributed by atoms with Gasteiger partial charge in [0.25, 0.3) is 0 Å². The van der Waals surface area contributed by atoms with Crippen molar-refractivity contribution in [2.45, 2.75) is 45.3 Å². The van der Waals surface area contributed by atoms with E-state index in [2.05, 4.69) is 0 Å². The molecule has 0 radical (unpaired) electrons. The van der Waals surface area contributed by atoms with Crippen LogP contribution in [0, 0.1) is 0 Å². The predicted octanol–water partition coefficient (Wildman–Crippen LogP) is 2.27. The average Bonchev–Trinajstić information content (AvgIpc) is 2.50. The van der Waals surface area contributed by atoms with Gasteiger partial charge in [-0.05, 0) is 50.9 Å². The Labute approximate surface area is 124 Å². The van der Waals surface area contributed by atoms with Gasteiger partial charge < -0.3 is 14.4 Å². The molecule has 1 aliphatic rings. The minimum Gasteiger partial charge on any atom is -0.481 e. The van der Waals surface area contributed by atoms with Crippen LogP contribution in [-0.4, -0.2) is 29.4 Å². The molecule has 0 amide bonds. The SMILES string of the molecule is CC1(C)OB(c2cc(Cl)ccc2CC(=O)O)OC1(C)C. The van der Waals surface area contributed by atoms with Crippen molar-refractivity contribution in [2.24, 2.45) is 0 Å². The fourth-order valence-electron chi connectivity index (χ4n) is 2.08. The van der Waals surface area contributed by atoms with Gasteiger partial charge in [-0.25, -0.2) is 0 Å². The normalized spacial score (nSPS) is 20.1. The second-order valence-electron chi connectivity index (χ2n) is 6.00. The summed E-state index contributed by atoms with van der Waals surface area (Å²) in [5.41, 5.74) is 0.389. The van der Waals surface area contributed by atoms with Crippen LogP contribution in [0.1, 0.15) is 33.3 Å². The maximum absolute atomic E-state index is 11.0. The van der Waals surface area contributed by atoms with Gasteiger partial charge in [0, 0.05) is 5.02 Å². The van der Waals surface area contributed by atoms with Gasteiger partial charge >= 0.3 is 13.1 Å². The van der Waals surface area contributed by atoms with E-state index in [-0.39, 0.29) is 6.42 Å². The molecule has 1 saturated heterocycles. The Morgan fingerprint density at radius 1 is 1.25 bits per heavy atom. The average molecular weight is 297 g/mol. The monoisotopic (exact) mass is 296 g/mol. The lowest BCUT2D eigenvalue weighted by Crippen LogP contribution is -2.41. The fraction of sp³-hybridized carbons (Fsp3) is 0.500. The van der Waals surface area contributed by atoms with Gasteiger partial charge in [0.1, 0.15) is 0 Å². The molecule has 0 saturated carbocycles. The summed E-state index contributed by atoms with van der Waals surface area (Å²) >= 11 is 6.02. The van der Waals surface area contributed by atoms with Crippen LogP contribution < -0.4 is 5.46 Å². The third kappa shape index (κ3) is 2.85. The first-order valence-corrected chi connectivity index (χ1v) is 6.86. The summed E-state index contributed by atoms with van der Waals surface area (Å²) in [6.07, 6.45) is -0.0867. The zero-order valence-corrected chi connectivity index (χ0v) is 12.8. The lowest BCUT2D eigenvalue weighted by Gasteiger charge is -2.32. The Hall–Kier alpha value is -1.04. The van der Waals surface area contributed by atoms with Gasteiger partial charge in [-0.1, -0.05) is 17.7 Å². The predicted molar refractivity (Wildman–Crippen MR) is 78.5 cm³/mol. The van der Waals surface area contributed by atoms with Crippen LogP contribution in [-0.2, 0) is 20.5 Å². The molecular formula is C14H18BClO4. The van der Waals surface area contributed by atoms with E-state index in [4.69, 9.17) is 26.0 Å². The molecule has 0 aliphatic carbocycles. The molecule has 4 nitrogen and oxygen atoms in total. The van der Waals surface area contributed by atoms with Crippen LogP contribution in [0.25, 0.3) is 0 Å². The molecule has 1 N–H and O–H groups in total. The van der Waals surface area contributed by atoms with E-state index >= 15 is 0 Å². The van der Waals surface area contributed by atoms with Gasteiger partial charge in [-0.15, -0.1) is 0 Å². The topological polar surface area (TPSA) is 55.8 Å². The van der Waals surface area contributed by atoms with E-state index in [0.29, 0.717) is 16.0 Å². The first-order valence-electron chi connectivity index (χ1n) is 6.48. The van der Waals surface area contributed by atoms with Crippen molar-refractivity contribution < 1.29 is 19.2 Å². The number of carbonyl (C=O) groups is 1. The molecule has 1 aromatic carbocycles. The summed E-state index contributed by atoms with van der Waals surface area (Å²) in [6, 6.07) is 5.09. The van der Waals surface area contributed by atoms with Crippen molar-refractivity contribution in [3.63, 3.8) is 0 Å². The van der Waals surface area contributed by atoms with Crippen LogP contribution in [0.5, 0.6) is 0 Å². The van der Waals surface area contributed by atoms with Crippen molar-refractivity contribution in [3.8, 4) is 0 Å². The smallest absolute Gasteiger partial charge is 0.481 e. The Morgan fingerprint density at radius 3 is 2.30 bits per heavy atom. The first kappa shape index (κ1) is 15.4. The quantitative estimate of drug-likeness (QED) is 0.869. The number of rotatable bonds is 3. The number of aliphatic carboxylic acids is 1. The molecule has 0 aromatic heterocycles. The lowest BCUT2D eigenvalue weighted by atomic mass is 9.75. The summed E-state index contributed by atoms with van der Waals surface area (Å²) in [7, 11) is -0.604. The highest BCUT2D eigenvalue weighted by Gasteiger charge is 2.52. The van der Waals surface area contributed by atoms with Crippen LogP contribution in [0.2, 0.25) is 5.02 Å². The van der Waals surface area contributed by atoms with Gasteiger partial charge in [0.2, 0.25) is 0 Å². The summed E-state index contributed by atoms with van der Waals surface area (Å²) in [5, 5.41) is 9.53. The largest absolute Gasteiger partial charge is 0.495 e. The molecular weight excluding hydrogens is 278 g/mol. The van der Waals surface area contributed by atoms with Crippen molar-refractivity contribution in [3.05, 3.63) is 28.8 Å². The third-order valence-electron chi connectivity index (χ3n) is 3.96. The van der Waals surface area contributed by atoms with E-state index in [1.165, 1.54) is 0 Å². The highest BCUT2D eigenvalue weighted by molar-refractivity contribution is 6.63. The molecule has 1 aromatic rings. The number of carboxylic acid groups (broad SMARTS) is 1. The summed E-state index contributed by atoms with van der Waals surface area (Å²) < 4.78 is 11.9. The molecule has 1 fully saturated rings. The second-order valence-corrected chi connectivity index (χ2v) is 6.44. The van der Waals surface area contributed by atoms with Crippen molar-refractivity contribution >= 4 is 30.2 Å². The number of hydrogen-bond acceptors (Lipinski definition) is 3. The Balaban J connectivity index is 2.38.